The maximum absolute atomic E-state index is 7.51. The number of hydrogen-bond acceptors (Lipinski definition) is 2. The van der Waals surface area contributed by atoms with Crippen LogP contribution in [-0.2, 0) is 10.8 Å². The first-order chi connectivity index (χ1) is 29.5. The van der Waals surface area contributed by atoms with E-state index in [9.17, 15) is 0 Å². The summed E-state index contributed by atoms with van der Waals surface area (Å²) in [5.41, 5.74) is 19.2. The summed E-state index contributed by atoms with van der Waals surface area (Å²) in [5.74, 6) is 0. The van der Waals surface area contributed by atoms with Crippen LogP contribution in [0.1, 0.15) is 47.2 Å². The Hall–Kier alpha value is -7.42. The number of hydrogen-bond donors (Lipinski definition) is 0. The number of rotatable bonds is 6. The van der Waals surface area contributed by atoms with Gasteiger partial charge in [-0.05, 0) is 79.9 Å². The van der Waals surface area contributed by atoms with Gasteiger partial charge in [0.05, 0.1) is 16.8 Å². The third-order valence-corrected chi connectivity index (χ3v) is 13.4. The second-order valence-corrected chi connectivity index (χ2v) is 16.8. The third-order valence-electron chi connectivity index (χ3n) is 13.4. The van der Waals surface area contributed by atoms with E-state index in [-0.39, 0.29) is 5.41 Å². The Balaban J connectivity index is 1.15. The third kappa shape index (κ3) is 4.76. The number of fused-ring (bicyclic) bond motifs is 9. The molecular formula is C58H41NO. The van der Waals surface area contributed by atoms with Crippen molar-refractivity contribution in [3.63, 3.8) is 0 Å². The summed E-state index contributed by atoms with van der Waals surface area (Å²) in [7, 11) is 0. The fourth-order valence-electron chi connectivity index (χ4n) is 10.7. The van der Waals surface area contributed by atoms with Gasteiger partial charge in [-0.3, -0.25) is 0 Å². The zero-order valence-electron chi connectivity index (χ0n) is 33.6. The molecule has 284 valence electrons. The molecule has 0 amide bonds. The number of nitrogens with zero attached hydrogens (tertiary/aromatic N) is 1. The minimum Gasteiger partial charge on any atom is -0.453 e. The van der Waals surface area contributed by atoms with E-state index in [1.54, 1.807) is 0 Å². The van der Waals surface area contributed by atoms with Gasteiger partial charge in [-0.25, -0.2) is 0 Å². The predicted octanol–water partition coefficient (Wildman–Crippen LogP) is 15.4. The zero-order valence-corrected chi connectivity index (χ0v) is 33.6. The van der Waals surface area contributed by atoms with Crippen LogP contribution >= 0.6 is 0 Å². The van der Waals surface area contributed by atoms with Crippen LogP contribution in [-0.4, -0.2) is 0 Å². The van der Waals surface area contributed by atoms with Gasteiger partial charge in [0.1, 0.15) is 5.58 Å². The number of benzene rings is 9. The first-order valence-corrected chi connectivity index (χ1v) is 20.9. The number of furan rings is 1. The Morgan fingerprint density at radius 3 is 1.57 bits per heavy atom. The van der Waals surface area contributed by atoms with Crippen LogP contribution in [0.3, 0.4) is 0 Å². The van der Waals surface area contributed by atoms with Gasteiger partial charge in [0, 0.05) is 33.0 Å². The van der Waals surface area contributed by atoms with E-state index in [2.05, 4.69) is 231 Å². The summed E-state index contributed by atoms with van der Waals surface area (Å²) in [6.07, 6.45) is 0. The fraction of sp³-hybridized carbons (Fsp3) is 0.0690. The standard InChI is InChI=1S/C58H41NO/c1-57(2)47-27-12-11-24-46(47)54-50(57)30-17-32-52(54)59(41-36-34-39(35-37-41)38-18-5-3-6-19-38)53-33-16-26-45-44-25-15-31-51(55(44)60-56(45)53)58(40-20-7-4-8-21-40)48-28-13-9-22-42(48)43-23-10-14-29-49(43)58/h3-37H,1-2H3. The normalized spacial score (nSPS) is 14.1. The molecule has 2 heteroatoms. The predicted molar refractivity (Wildman–Crippen MR) is 249 cm³/mol. The van der Waals surface area contributed by atoms with Crippen LogP contribution in [0.4, 0.5) is 17.1 Å². The van der Waals surface area contributed by atoms with Crippen molar-refractivity contribution < 1.29 is 4.42 Å². The molecule has 0 radical (unpaired) electrons. The lowest BCUT2D eigenvalue weighted by Crippen LogP contribution is -2.28. The Morgan fingerprint density at radius 1 is 0.367 bits per heavy atom. The molecule has 0 saturated heterocycles. The van der Waals surface area contributed by atoms with Crippen molar-refractivity contribution in [2.45, 2.75) is 24.7 Å². The molecule has 0 saturated carbocycles. The van der Waals surface area contributed by atoms with Crippen molar-refractivity contribution in [3.05, 3.63) is 246 Å². The Kier molecular flexibility index (Phi) is 7.52. The highest BCUT2D eigenvalue weighted by Gasteiger charge is 2.47. The molecule has 0 unspecified atom stereocenters. The summed E-state index contributed by atoms with van der Waals surface area (Å²) in [6.45, 7) is 4.70. The molecule has 0 aliphatic heterocycles. The molecule has 1 aromatic heterocycles. The Morgan fingerprint density at radius 2 is 0.867 bits per heavy atom. The van der Waals surface area contributed by atoms with Crippen molar-refractivity contribution in [3.8, 4) is 33.4 Å². The van der Waals surface area contributed by atoms with Crippen molar-refractivity contribution in [1.29, 1.82) is 0 Å². The lowest BCUT2D eigenvalue weighted by Gasteiger charge is -2.33. The van der Waals surface area contributed by atoms with Crippen LogP contribution in [0.25, 0.3) is 55.3 Å². The molecule has 2 aliphatic rings. The average molecular weight is 768 g/mol. The van der Waals surface area contributed by atoms with Crippen LogP contribution in [0.15, 0.2) is 217 Å². The molecule has 0 fully saturated rings. The van der Waals surface area contributed by atoms with E-state index in [1.807, 2.05) is 0 Å². The summed E-state index contributed by atoms with van der Waals surface area (Å²) < 4.78 is 7.51. The second kappa shape index (κ2) is 13.0. The summed E-state index contributed by atoms with van der Waals surface area (Å²) in [5, 5.41) is 2.19. The van der Waals surface area contributed by atoms with Crippen molar-refractivity contribution >= 4 is 39.0 Å². The van der Waals surface area contributed by atoms with Gasteiger partial charge in [0.15, 0.2) is 5.58 Å². The van der Waals surface area contributed by atoms with Crippen LogP contribution in [0.2, 0.25) is 0 Å². The zero-order chi connectivity index (χ0) is 40.0. The molecule has 60 heavy (non-hydrogen) atoms. The topological polar surface area (TPSA) is 16.4 Å². The lowest BCUT2D eigenvalue weighted by atomic mass is 9.67. The van der Waals surface area contributed by atoms with Gasteiger partial charge in [-0.1, -0.05) is 202 Å². The average Bonchev–Trinajstić information content (AvgIpc) is 3.92. The molecule has 0 spiro atoms. The van der Waals surface area contributed by atoms with Gasteiger partial charge in [-0.15, -0.1) is 0 Å². The number of para-hydroxylation sites is 2. The highest BCUT2D eigenvalue weighted by molar-refractivity contribution is 6.12. The van der Waals surface area contributed by atoms with Gasteiger partial charge >= 0.3 is 0 Å². The second-order valence-electron chi connectivity index (χ2n) is 16.8. The molecule has 1 heterocycles. The highest BCUT2D eigenvalue weighted by Crippen LogP contribution is 2.59. The van der Waals surface area contributed by atoms with E-state index >= 15 is 0 Å². The molecule has 2 nitrogen and oxygen atoms in total. The van der Waals surface area contributed by atoms with E-state index < -0.39 is 5.41 Å². The molecule has 0 atom stereocenters. The molecule has 12 rings (SSSR count). The Bertz CT molecular complexity index is 3240. The molecule has 0 N–H and O–H groups in total. The SMILES string of the molecule is CC1(C)c2ccccc2-c2c(N(c3ccc(-c4ccccc4)cc3)c3cccc4c3oc3c(C5(c6ccccc6)c6ccccc6-c6ccccc65)cccc34)cccc21. The maximum Gasteiger partial charge on any atom is 0.159 e. The van der Waals surface area contributed by atoms with Crippen LogP contribution in [0, 0.1) is 0 Å². The quantitative estimate of drug-likeness (QED) is 0.168. The minimum absolute atomic E-state index is 0.148. The molecule has 0 bridgehead atoms. The summed E-state index contributed by atoms with van der Waals surface area (Å²) in [4.78, 5) is 2.43. The van der Waals surface area contributed by atoms with Crippen molar-refractivity contribution in [2.75, 3.05) is 4.90 Å². The van der Waals surface area contributed by atoms with E-state index in [4.69, 9.17) is 4.42 Å². The molecule has 10 aromatic rings. The van der Waals surface area contributed by atoms with E-state index in [1.165, 1.54) is 61.2 Å². The van der Waals surface area contributed by atoms with Crippen molar-refractivity contribution in [1.82, 2.24) is 0 Å². The molecular weight excluding hydrogens is 727 g/mol. The molecule has 2 aliphatic carbocycles. The highest BCUT2D eigenvalue weighted by atomic mass is 16.3. The van der Waals surface area contributed by atoms with Gasteiger partial charge < -0.3 is 9.32 Å². The first kappa shape index (κ1) is 34.6. The summed E-state index contributed by atoms with van der Waals surface area (Å²) >= 11 is 0. The van der Waals surface area contributed by atoms with E-state index in [0.29, 0.717) is 0 Å². The lowest BCUT2D eigenvalue weighted by molar-refractivity contribution is 0.648. The largest absolute Gasteiger partial charge is 0.453 e. The first-order valence-electron chi connectivity index (χ1n) is 20.9. The monoisotopic (exact) mass is 767 g/mol. The number of anilines is 3. The van der Waals surface area contributed by atoms with Gasteiger partial charge in [-0.2, -0.15) is 0 Å². The Labute approximate surface area is 350 Å². The van der Waals surface area contributed by atoms with Crippen molar-refractivity contribution in [2.24, 2.45) is 0 Å². The fourth-order valence-corrected chi connectivity index (χ4v) is 10.7. The smallest absolute Gasteiger partial charge is 0.159 e. The van der Waals surface area contributed by atoms with Crippen LogP contribution < -0.4 is 4.90 Å². The van der Waals surface area contributed by atoms with Crippen LogP contribution in [0.5, 0.6) is 0 Å². The summed E-state index contributed by atoms with van der Waals surface area (Å²) in [6, 6.07) is 77.6. The van der Waals surface area contributed by atoms with Gasteiger partial charge in [0.25, 0.3) is 0 Å². The molecule has 9 aromatic carbocycles. The maximum atomic E-state index is 7.51. The van der Waals surface area contributed by atoms with Gasteiger partial charge in [0.2, 0.25) is 0 Å². The minimum atomic E-state index is -0.593. The van der Waals surface area contributed by atoms with E-state index in [0.717, 1.165) is 44.6 Å².